The normalized spacial score (nSPS) is 11.1. The third-order valence-corrected chi connectivity index (χ3v) is 4.01. The van der Waals surface area contributed by atoms with Gasteiger partial charge in [0.05, 0.1) is 11.2 Å². The van der Waals surface area contributed by atoms with Gasteiger partial charge in [-0.1, -0.05) is 54.6 Å². The van der Waals surface area contributed by atoms with Gasteiger partial charge in [0, 0.05) is 17.4 Å². The van der Waals surface area contributed by atoms with Crippen molar-refractivity contribution in [1.82, 2.24) is 4.98 Å². The molecule has 3 rings (SSSR count). The zero-order valence-electron chi connectivity index (χ0n) is 14.5. The third kappa shape index (κ3) is 4.93. The van der Waals surface area contributed by atoms with Crippen LogP contribution in [-0.2, 0) is 11.4 Å². The van der Waals surface area contributed by atoms with E-state index in [1.807, 2.05) is 66.7 Å². The Morgan fingerprint density at radius 1 is 1.04 bits per heavy atom. The molecule has 0 spiro atoms. The lowest BCUT2D eigenvalue weighted by atomic mass is 10.1. The van der Waals surface area contributed by atoms with Crippen molar-refractivity contribution in [1.29, 1.82) is 0 Å². The number of carbonyl (C=O) groups is 1. The summed E-state index contributed by atoms with van der Waals surface area (Å²) in [6, 6.07) is 19.8. The van der Waals surface area contributed by atoms with E-state index in [1.54, 1.807) is 0 Å². The Labute approximate surface area is 152 Å². The number of unbranched alkanes of at least 4 members (excludes halogenated alkanes) is 1. The van der Waals surface area contributed by atoms with Crippen molar-refractivity contribution >= 4 is 22.9 Å². The number of fused-ring (bicyclic) bond motifs is 1. The number of benzene rings is 2. The van der Waals surface area contributed by atoms with Crippen molar-refractivity contribution in [3.8, 4) is 5.75 Å². The Balaban J connectivity index is 1.63. The van der Waals surface area contributed by atoms with E-state index in [-0.39, 0.29) is 6.42 Å². The maximum absolute atomic E-state index is 10.5. The lowest BCUT2D eigenvalue weighted by Crippen LogP contribution is -1.99. The zero-order chi connectivity index (χ0) is 18.2. The van der Waals surface area contributed by atoms with E-state index in [0.717, 1.165) is 34.3 Å². The first-order valence-electron chi connectivity index (χ1n) is 8.67. The average molecular weight is 347 g/mol. The van der Waals surface area contributed by atoms with Crippen LogP contribution in [0.5, 0.6) is 5.75 Å². The smallest absolute Gasteiger partial charge is 0.303 e. The van der Waals surface area contributed by atoms with Crippen LogP contribution >= 0.6 is 0 Å². The maximum Gasteiger partial charge on any atom is 0.303 e. The molecule has 1 heterocycles. The molecular weight excluding hydrogens is 326 g/mol. The van der Waals surface area contributed by atoms with Gasteiger partial charge in [0.25, 0.3) is 0 Å². The van der Waals surface area contributed by atoms with Crippen molar-refractivity contribution in [3.63, 3.8) is 0 Å². The first-order chi connectivity index (χ1) is 12.7. The Morgan fingerprint density at radius 3 is 2.73 bits per heavy atom. The van der Waals surface area contributed by atoms with E-state index in [1.165, 1.54) is 0 Å². The van der Waals surface area contributed by atoms with Crippen LogP contribution in [-0.4, -0.2) is 16.1 Å². The fraction of sp³-hybridized carbons (Fsp3) is 0.182. The molecule has 0 aliphatic carbocycles. The summed E-state index contributed by atoms with van der Waals surface area (Å²) in [5.74, 6) is 0.0296. The molecule has 0 aliphatic rings. The van der Waals surface area contributed by atoms with Gasteiger partial charge in [-0.05, 0) is 31.0 Å². The molecule has 0 amide bonds. The Bertz CT molecular complexity index is 918. The van der Waals surface area contributed by atoms with Crippen molar-refractivity contribution in [2.45, 2.75) is 25.9 Å². The summed E-state index contributed by atoms with van der Waals surface area (Å²) in [6.07, 6.45) is 5.52. The van der Waals surface area contributed by atoms with Crippen LogP contribution in [0.1, 0.15) is 30.5 Å². The minimum absolute atomic E-state index is 0.191. The van der Waals surface area contributed by atoms with Crippen LogP contribution in [0, 0.1) is 0 Å². The number of hydrogen-bond acceptors (Lipinski definition) is 3. The monoisotopic (exact) mass is 347 g/mol. The summed E-state index contributed by atoms with van der Waals surface area (Å²) in [5.41, 5.74) is 2.81. The van der Waals surface area contributed by atoms with Gasteiger partial charge in [-0.25, -0.2) is 4.98 Å². The van der Waals surface area contributed by atoms with Crippen LogP contribution in [0.2, 0.25) is 0 Å². The van der Waals surface area contributed by atoms with E-state index >= 15 is 0 Å². The summed E-state index contributed by atoms with van der Waals surface area (Å²) in [6.45, 7) is 0.398. The average Bonchev–Trinajstić information content (AvgIpc) is 2.66. The summed E-state index contributed by atoms with van der Waals surface area (Å²) < 4.78 is 5.96. The molecule has 132 valence electrons. The molecule has 3 aromatic rings. The summed E-state index contributed by atoms with van der Waals surface area (Å²) in [7, 11) is 0. The molecule has 0 atom stereocenters. The number of pyridine rings is 1. The predicted molar refractivity (Wildman–Crippen MR) is 103 cm³/mol. The number of hydrogen-bond donors (Lipinski definition) is 1. The van der Waals surface area contributed by atoms with Gasteiger partial charge in [-0.2, -0.15) is 0 Å². The van der Waals surface area contributed by atoms with Gasteiger partial charge >= 0.3 is 5.97 Å². The summed E-state index contributed by atoms with van der Waals surface area (Å²) in [5, 5.41) is 9.78. The second-order valence-electron chi connectivity index (χ2n) is 6.01. The standard InChI is InChI=1S/C22H21NO3/c24-22(25)13-3-1-2-9-18-10-5-7-12-21(18)26-16-19-15-14-17-8-4-6-11-20(17)23-19/h2,4-12,14-15H,1,3,13,16H2,(H,24,25). The number of allylic oxidation sites excluding steroid dienone is 1. The highest BCUT2D eigenvalue weighted by atomic mass is 16.5. The number of para-hydroxylation sites is 2. The van der Waals surface area contributed by atoms with Crippen molar-refractivity contribution in [2.24, 2.45) is 0 Å². The largest absolute Gasteiger partial charge is 0.487 e. The van der Waals surface area contributed by atoms with Crippen molar-refractivity contribution < 1.29 is 14.6 Å². The number of aliphatic carboxylic acids is 1. The second-order valence-corrected chi connectivity index (χ2v) is 6.01. The minimum atomic E-state index is -0.759. The molecule has 0 radical (unpaired) electrons. The van der Waals surface area contributed by atoms with Crippen LogP contribution in [0.3, 0.4) is 0 Å². The lowest BCUT2D eigenvalue weighted by Gasteiger charge is -2.09. The number of rotatable bonds is 8. The number of ether oxygens (including phenoxy) is 1. The van der Waals surface area contributed by atoms with Crippen molar-refractivity contribution in [3.05, 3.63) is 78.0 Å². The third-order valence-electron chi connectivity index (χ3n) is 4.01. The van der Waals surface area contributed by atoms with E-state index in [9.17, 15) is 4.79 Å². The minimum Gasteiger partial charge on any atom is -0.487 e. The van der Waals surface area contributed by atoms with Crippen LogP contribution in [0.15, 0.2) is 66.7 Å². The van der Waals surface area contributed by atoms with Gasteiger partial charge in [-0.3, -0.25) is 4.79 Å². The highest BCUT2D eigenvalue weighted by Gasteiger charge is 2.03. The molecular formula is C22H21NO3. The number of aromatic nitrogens is 1. The Hall–Kier alpha value is -3.14. The highest BCUT2D eigenvalue weighted by Crippen LogP contribution is 2.21. The molecule has 1 aromatic heterocycles. The van der Waals surface area contributed by atoms with Gasteiger partial charge in [0.15, 0.2) is 0 Å². The van der Waals surface area contributed by atoms with E-state index in [2.05, 4.69) is 11.1 Å². The van der Waals surface area contributed by atoms with Crippen LogP contribution in [0.4, 0.5) is 0 Å². The van der Waals surface area contributed by atoms with Gasteiger partial charge < -0.3 is 9.84 Å². The zero-order valence-corrected chi connectivity index (χ0v) is 14.5. The Morgan fingerprint density at radius 2 is 1.85 bits per heavy atom. The molecule has 0 unspecified atom stereocenters. The number of carboxylic acid groups (broad SMARTS) is 1. The van der Waals surface area contributed by atoms with Gasteiger partial charge in [-0.15, -0.1) is 0 Å². The van der Waals surface area contributed by atoms with Crippen LogP contribution in [0.25, 0.3) is 17.0 Å². The fourth-order valence-corrected chi connectivity index (χ4v) is 2.67. The molecule has 0 fully saturated rings. The molecule has 2 aromatic carbocycles. The second kappa shape index (κ2) is 8.81. The molecule has 0 saturated heterocycles. The molecule has 26 heavy (non-hydrogen) atoms. The topological polar surface area (TPSA) is 59.4 Å². The number of nitrogens with zero attached hydrogens (tertiary/aromatic N) is 1. The lowest BCUT2D eigenvalue weighted by molar-refractivity contribution is -0.137. The first-order valence-corrected chi connectivity index (χ1v) is 8.67. The molecule has 0 aliphatic heterocycles. The van der Waals surface area contributed by atoms with Gasteiger partial charge in [0.2, 0.25) is 0 Å². The fourth-order valence-electron chi connectivity index (χ4n) is 2.67. The molecule has 1 N–H and O–H groups in total. The molecule has 0 bridgehead atoms. The molecule has 0 saturated carbocycles. The quantitative estimate of drug-likeness (QED) is 0.577. The van der Waals surface area contributed by atoms with Gasteiger partial charge in [0.1, 0.15) is 12.4 Å². The molecule has 4 heteroatoms. The first kappa shape index (κ1) is 17.7. The summed E-state index contributed by atoms with van der Waals surface area (Å²) >= 11 is 0. The number of carboxylic acids is 1. The molecule has 4 nitrogen and oxygen atoms in total. The Kier molecular flexibility index (Phi) is 5.99. The SMILES string of the molecule is O=C(O)CCCC=Cc1ccccc1OCc1ccc2ccccc2n1. The van der Waals surface area contributed by atoms with E-state index in [0.29, 0.717) is 13.0 Å². The summed E-state index contributed by atoms with van der Waals surface area (Å²) in [4.78, 5) is 15.2. The van der Waals surface area contributed by atoms with E-state index < -0.39 is 5.97 Å². The van der Waals surface area contributed by atoms with Crippen LogP contribution < -0.4 is 4.74 Å². The van der Waals surface area contributed by atoms with E-state index in [4.69, 9.17) is 9.84 Å². The maximum atomic E-state index is 10.5. The van der Waals surface area contributed by atoms with Crippen molar-refractivity contribution in [2.75, 3.05) is 0 Å². The predicted octanol–water partition coefficient (Wildman–Crippen LogP) is 5.08. The highest BCUT2D eigenvalue weighted by molar-refractivity contribution is 5.78.